The highest BCUT2D eigenvalue weighted by molar-refractivity contribution is 7.22. The average Bonchev–Trinajstić information content (AvgIpc) is 3.05. The van der Waals surface area contributed by atoms with Gasteiger partial charge in [0.05, 0.1) is 12.0 Å². The number of phenolic OH excluding ortho intramolecular Hbond substituents is 1. The highest BCUT2D eigenvalue weighted by Gasteiger charge is 2.17. The molecule has 0 unspecified atom stereocenters. The van der Waals surface area contributed by atoms with E-state index in [1.807, 2.05) is 61.5 Å². The van der Waals surface area contributed by atoms with Gasteiger partial charge in [0.15, 0.2) is 5.75 Å². The Kier molecular flexibility index (Phi) is 4.80. The van der Waals surface area contributed by atoms with Crippen molar-refractivity contribution < 1.29 is 14.6 Å². The number of hydrogen-bond acceptors (Lipinski definition) is 4. The van der Waals surface area contributed by atoms with Crippen molar-refractivity contribution in [3.8, 4) is 33.4 Å². The minimum Gasteiger partial charge on any atom is -0.508 e. The molecule has 0 radical (unpaired) electrons. The van der Waals surface area contributed by atoms with Gasteiger partial charge in [-0.3, -0.25) is 0 Å². The minimum absolute atomic E-state index is 0.243. The standard InChI is InChI=1S/C24H20O3S/c1-15(2)16-4-11-20(12-5-16)27-23-21-13-8-18(25)14-22(21)28-24(23)17-6-9-19(26-3)10-7-17/h4-14,25H,1H2,2-3H3. The van der Waals surface area contributed by atoms with Gasteiger partial charge in [0.25, 0.3) is 0 Å². The average molecular weight is 388 g/mol. The van der Waals surface area contributed by atoms with Gasteiger partial charge >= 0.3 is 0 Å². The van der Waals surface area contributed by atoms with Crippen LogP contribution in [0.1, 0.15) is 12.5 Å². The number of thiophene rings is 1. The molecule has 1 aromatic heterocycles. The van der Waals surface area contributed by atoms with E-state index in [2.05, 4.69) is 6.58 Å². The Hall–Kier alpha value is -3.24. The number of phenols is 1. The first-order chi connectivity index (χ1) is 13.5. The van der Waals surface area contributed by atoms with E-state index in [1.165, 1.54) is 0 Å². The first kappa shape index (κ1) is 18.1. The van der Waals surface area contributed by atoms with E-state index in [1.54, 1.807) is 30.6 Å². The second-order valence-corrected chi connectivity index (χ2v) is 7.63. The topological polar surface area (TPSA) is 38.7 Å². The Labute approximate surface area is 168 Å². The van der Waals surface area contributed by atoms with Crippen LogP contribution < -0.4 is 9.47 Å². The van der Waals surface area contributed by atoms with E-state index in [0.29, 0.717) is 0 Å². The molecular formula is C24H20O3S. The largest absolute Gasteiger partial charge is 0.508 e. The molecule has 0 aliphatic carbocycles. The predicted molar refractivity (Wildman–Crippen MR) is 117 cm³/mol. The quantitative estimate of drug-likeness (QED) is 0.396. The van der Waals surface area contributed by atoms with Crippen molar-refractivity contribution >= 4 is 27.0 Å². The van der Waals surface area contributed by atoms with E-state index in [0.717, 1.165) is 48.9 Å². The number of methoxy groups -OCH3 is 1. The lowest BCUT2D eigenvalue weighted by atomic mass is 10.1. The number of allylic oxidation sites excluding steroid dienone is 1. The summed E-state index contributed by atoms with van der Waals surface area (Å²) in [5, 5.41) is 10.9. The Morgan fingerprint density at radius 3 is 2.25 bits per heavy atom. The van der Waals surface area contributed by atoms with Crippen molar-refractivity contribution in [3.63, 3.8) is 0 Å². The summed E-state index contributed by atoms with van der Waals surface area (Å²) >= 11 is 1.59. The molecule has 28 heavy (non-hydrogen) atoms. The Balaban J connectivity index is 1.81. The molecule has 3 aromatic carbocycles. The highest BCUT2D eigenvalue weighted by Crippen LogP contribution is 2.47. The molecule has 0 spiro atoms. The zero-order valence-corrected chi connectivity index (χ0v) is 16.5. The van der Waals surface area contributed by atoms with Gasteiger partial charge in [-0.1, -0.05) is 24.3 Å². The summed E-state index contributed by atoms with van der Waals surface area (Å²) in [5.41, 5.74) is 3.14. The molecule has 0 aliphatic heterocycles. The van der Waals surface area contributed by atoms with Crippen LogP contribution in [0.25, 0.3) is 26.1 Å². The zero-order chi connectivity index (χ0) is 19.7. The minimum atomic E-state index is 0.243. The lowest BCUT2D eigenvalue weighted by Gasteiger charge is -2.09. The van der Waals surface area contributed by atoms with Gasteiger partial charge in [-0.05, 0) is 72.6 Å². The number of fused-ring (bicyclic) bond motifs is 1. The van der Waals surface area contributed by atoms with Crippen LogP contribution >= 0.6 is 11.3 Å². The van der Waals surface area contributed by atoms with Crippen molar-refractivity contribution in [1.29, 1.82) is 0 Å². The molecule has 3 nitrogen and oxygen atoms in total. The van der Waals surface area contributed by atoms with Crippen LogP contribution in [0, 0.1) is 0 Å². The van der Waals surface area contributed by atoms with E-state index in [4.69, 9.17) is 9.47 Å². The maximum absolute atomic E-state index is 9.88. The number of hydrogen-bond donors (Lipinski definition) is 1. The number of ether oxygens (including phenoxy) is 2. The van der Waals surface area contributed by atoms with Crippen molar-refractivity contribution in [2.45, 2.75) is 6.92 Å². The molecule has 0 saturated heterocycles. The summed E-state index contributed by atoms with van der Waals surface area (Å²) < 4.78 is 12.6. The molecule has 0 atom stereocenters. The fourth-order valence-corrected chi connectivity index (χ4v) is 4.19. The summed E-state index contributed by atoms with van der Waals surface area (Å²) in [6.45, 7) is 5.96. The smallest absolute Gasteiger partial charge is 0.153 e. The third-order valence-electron chi connectivity index (χ3n) is 4.55. The lowest BCUT2D eigenvalue weighted by Crippen LogP contribution is -1.87. The highest BCUT2D eigenvalue weighted by atomic mass is 32.1. The molecule has 140 valence electrons. The lowest BCUT2D eigenvalue weighted by molar-refractivity contribution is 0.415. The van der Waals surface area contributed by atoms with Crippen molar-refractivity contribution in [1.82, 2.24) is 0 Å². The number of benzene rings is 3. The zero-order valence-electron chi connectivity index (χ0n) is 15.7. The molecule has 1 N–H and O–H groups in total. The molecule has 1 heterocycles. The molecule has 0 fully saturated rings. The van der Waals surface area contributed by atoms with Crippen LogP contribution in [0.4, 0.5) is 0 Å². The van der Waals surface area contributed by atoms with E-state index >= 15 is 0 Å². The molecule has 0 saturated carbocycles. The van der Waals surface area contributed by atoms with Crippen LogP contribution in [0.2, 0.25) is 0 Å². The summed E-state index contributed by atoms with van der Waals surface area (Å²) in [6.07, 6.45) is 0. The van der Waals surface area contributed by atoms with E-state index < -0.39 is 0 Å². The summed E-state index contributed by atoms with van der Waals surface area (Å²) in [7, 11) is 1.65. The second kappa shape index (κ2) is 7.41. The van der Waals surface area contributed by atoms with Gasteiger partial charge in [-0.2, -0.15) is 0 Å². The van der Waals surface area contributed by atoms with Gasteiger partial charge in [0.1, 0.15) is 17.2 Å². The molecule has 0 aliphatic rings. The van der Waals surface area contributed by atoms with E-state index in [9.17, 15) is 5.11 Å². The van der Waals surface area contributed by atoms with Crippen molar-refractivity contribution in [3.05, 3.63) is 78.9 Å². The van der Waals surface area contributed by atoms with Crippen molar-refractivity contribution in [2.24, 2.45) is 0 Å². The fraction of sp³-hybridized carbons (Fsp3) is 0.0833. The monoisotopic (exact) mass is 388 g/mol. The third kappa shape index (κ3) is 3.47. The van der Waals surface area contributed by atoms with Crippen LogP contribution in [-0.2, 0) is 0 Å². The van der Waals surface area contributed by atoms with Crippen LogP contribution in [-0.4, -0.2) is 12.2 Å². The van der Waals surface area contributed by atoms with Gasteiger partial charge in [-0.15, -0.1) is 11.3 Å². The molecule has 0 bridgehead atoms. The third-order valence-corrected chi connectivity index (χ3v) is 5.73. The second-order valence-electron chi connectivity index (χ2n) is 6.58. The molecular weight excluding hydrogens is 368 g/mol. The van der Waals surface area contributed by atoms with Gasteiger partial charge < -0.3 is 14.6 Å². The molecule has 4 rings (SSSR count). The first-order valence-electron chi connectivity index (χ1n) is 8.89. The Morgan fingerprint density at radius 1 is 0.929 bits per heavy atom. The maximum Gasteiger partial charge on any atom is 0.153 e. The summed E-state index contributed by atoms with van der Waals surface area (Å²) in [4.78, 5) is 1.01. The Bertz CT molecular complexity index is 1140. The molecule has 4 aromatic rings. The molecule has 0 amide bonds. The van der Waals surface area contributed by atoms with Crippen LogP contribution in [0.5, 0.6) is 23.0 Å². The summed E-state index contributed by atoms with van der Waals surface area (Å²) in [6, 6.07) is 21.2. The van der Waals surface area contributed by atoms with Gasteiger partial charge in [0, 0.05) is 10.1 Å². The van der Waals surface area contributed by atoms with E-state index in [-0.39, 0.29) is 5.75 Å². The van der Waals surface area contributed by atoms with Gasteiger partial charge in [0.2, 0.25) is 0 Å². The Morgan fingerprint density at radius 2 is 1.61 bits per heavy atom. The first-order valence-corrected chi connectivity index (χ1v) is 9.70. The summed E-state index contributed by atoms with van der Waals surface area (Å²) in [5.74, 6) is 2.59. The van der Waals surface area contributed by atoms with Crippen LogP contribution in [0.15, 0.2) is 73.3 Å². The number of rotatable bonds is 5. The normalized spacial score (nSPS) is 10.8. The molecule has 4 heteroatoms. The number of aromatic hydroxyl groups is 1. The SMILES string of the molecule is C=C(C)c1ccc(Oc2c(-c3ccc(OC)cc3)sc3cc(O)ccc23)cc1. The fourth-order valence-electron chi connectivity index (χ4n) is 3.02. The van der Waals surface area contributed by atoms with Crippen molar-refractivity contribution in [2.75, 3.05) is 7.11 Å². The van der Waals surface area contributed by atoms with Gasteiger partial charge in [-0.25, -0.2) is 0 Å². The predicted octanol–water partition coefficient (Wildman–Crippen LogP) is 7.11. The van der Waals surface area contributed by atoms with Crippen LogP contribution in [0.3, 0.4) is 0 Å². The maximum atomic E-state index is 9.88.